The summed E-state index contributed by atoms with van der Waals surface area (Å²) in [7, 11) is 0. The first kappa shape index (κ1) is 19.1. The zero-order valence-electron chi connectivity index (χ0n) is 16.2. The van der Waals surface area contributed by atoms with Crippen molar-refractivity contribution < 1.29 is 14.9 Å². The van der Waals surface area contributed by atoms with Gasteiger partial charge in [0, 0.05) is 12.7 Å². The molecule has 4 rings (SSSR count). The van der Waals surface area contributed by atoms with E-state index >= 15 is 0 Å². The molecule has 0 saturated carbocycles. The molecule has 0 saturated heterocycles. The molecule has 0 bridgehead atoms. The van der Waals surface area contributed by atoms with Crippen LogP contribution < -0.4 is 4.74 Å². The Hall–Kier alpha value is -3.22. The highest BCUT2D eigenvalue weighted by Crippen LogP contribution is 2.38. The van der Waals surface area contributed by atoms with Gasteiger partial charge in [-0.25, -0.2) is 9.97 Å². The Morgan fingerprint density at radius 3 is 2.14 bits per heavy atom. The standard InChI is InChI=1S/C23H23N3O3/c1-2-26-20-19(13-14-24-21(20)29-16-15-27)25-22(26)23(28,17-9-5-3-6-10-17)18-11-7-4-8-12-18/h3-14,27-28H,2,15-16H2,1H3. The second-order valence-electron chi connectivity index (χ2n) is 6.68. The van der Waals surface area contributed by atoms with Crippen LogP contribution in [0.1, 0.15) is 23.9 Å². The molecule has 29 heavy (non-hydrogen) atoms. The van der Waals surface area contributed by atoms with Gasteiger partial charge in [0.1, 0.15) is 12.1 Å². The van der Waals surface area contributed by atoms with Gasteiger partial charge in [0.05, 0.1) is 12.1 Å². The highest BCUT2D eigenvalue weighted by molar-refractivity contribution is 5.81. The van der Waals surface area contributed by atoms with E-state index in [9.17, 15) is 5.11 Å². The van der Waals surface area contributed by atoms with Crippen LogP contribution in [0.5, 0.6) is 5.88 Å². The number of aromatic nitrogens is 3. The molecule has 0 radical (unpaired) electrons. The second kappa shape index (κ2) is 8.03. The molecule has 0 spiro atoms. The fourth-order valence-electron chi connectivity index (χ4n) is 3.67. The molecule has 6 nitrogen and oxygen atoms in total. The third-order valence-corrected chi connectivity index (χ3v) is 4.97. The Balaban J connectivity index is 2.01. The number of ether oxygens (including phenoxy) is 1. The molecule has 2 aromatic heterocycles. The molecule has 0 aliphatic rings. The fraction of sp³-hybridized carbons (Fsp3) is 0.217. The number of benzene rings is 2. The molecule has 0 atom stereocenters. The summed E-state index contributed by atoms with van der Waals surface area (Å²) in [5.41, 5.74) is 1.37. The molecule has 0 unspecified atom stereocenters. The van der Waals surface area contributed by atoms with Crippen LogP contribution in [0.2, 0.25) is 0 Å². The lowest BCUT2D eigenvalue weighted by Crippen LogP contribution is -2.32. The molecule has 4 aromatic rings. The maximum atomic E-state index is 12.1. The third kappa shape index (κ3) is 3.26. The Morgan fingerprint density at radius 1 is 0.966 bits per heavy atom. The van der Waals surface area contributed by atoms with E-state index in [1.807, 2.05) is 72.2 Å². The van der Waals surface area contributed by atoms with Gasteiger partial charge in [-0.15, -0.1) is 0 Å². The monoisotopic (exact) mass is 389 g/mol. The summed E-state index contributed by atoms with van der Waals surface area (Å²) in [6.45, 7) is 2.58. The van der Waals surface area contributed by atoms with Crippen molar-refractivity contribution in [1.82, 2.24) is 14.5 Å². The second-order valence-corrected chi connectivity index (χ2v) is 6.68. The summed E-state index contributed by atoms with van der Waals surface area (Å²) in [5, 5.41) is 21.3. The Labute approximate surface area is 169 Å². The SMILES string of the molecule is CCn1c(C(O)(c2ccccc2)c2ccccc2)nc2ccnc(OCCO)c21. The van der Waals surface area contributed by atoms with Crippen LogP contribution in [-0.4, -0.2) is 38.0 Å². The van der Waals surface area contributed by atoms with E-state index < -0.39 is 5.60 Å². The van der Waals surface area contributed by atoms with Gasteiger partial charge >= 0.3 is 0 Å². The number of nitrogens with zero attached hydrogens (tertiary/aromatic N) is 3. The van der Waals surface area contributed by atoms with Crippen molar-refractivity contribution in [3.8, 4) is 5.88 Å². The summed E-state index contributed by atoms with van der Waals surface area (Å²) < 4.78 is 7.57. The van der Waals surface area contributed by atoms with E-state index in [-0.39, 0.29) is 13.2 Å². The largest absolute Gasteiger partial charge is 0.474 e. The lowest BCUT2D eigenvalue weighted by molar-refractivity contribution is 0.112. The Bertz CT molecular complexity index is 1060. The van der Waals surface area contributed by atoms with Gasteiger partial charge in [-0.3, -0.25) is 0 Å². The molecule has 0 aliphatic heterocycles. The van der Waals surface area contributed by atoms with Crippen LogP contribution in [0, 0.1) is 0 Å². The third-order valence-electron chi connectivity index (χ3n) is 4.97. The van der Waals surface area contributed by atoms with Gasteiger partial charge in [-0.1, -0.05) is 60.7 Å². The minimum absolute atomic E-state index is 0.108. The quantitative estimate of drug-likeness (QED) is 0.508. The summed E-state index contributed by atoms with van der Waals surface area (Å²) in [6, 6.07) is 20.8. The van der Waals surface area contributed by atoms with E-state index in [1.54, 1.807) is 12.3 Å². The van der Waals surface area contributed by atoms with Crippen molar-refractivity contribution in [2.24, 2.45) is 0 Å². The van der Waals surface area contributed by atoms with Crippen LogP contribution in [0.4, 0.5) is 0 Å². The highest BCUT2D eigenvalue weighted by atomic mass is 16.5. The van der Waals surface area contributed by atoms with E-state index in [2.05, 4.69) is 4.98 Å². The van der Waals surface area contributed by atoms with Crippen molar-refractivity contribution in [3.05, 3.63) is 89.9 Å². The summed E-state index contributed by atoms with van der Waals surface area (Å²) in [6.07, 6.45) is 1.62. The van der Waals surface area contributed by atoms with Crippen molar-refractivity contribution in [2.75, 3.05) is 13.2 Å². The predicted octanol–water partition coefficient (Wildman–Crippen LogP) is 3.11. The van der Waals surface area contributed by atoms with Gasteiger partial charge in [0.2, 0.25) is 5.88 Å². The number of hydrogen-bond acceptors (Lipinski definition) is 5. The van der Waals surface area contributed by atoms with Crippen LogP contribution in [0.3, 0.4) is 0 Å². The van der Waals surface area contributed by atoms with Gasteiger partial charge in [-0.05, 0) is 24.1 Å². The van der Waals surface area contributed by atoms with Crippen molar-refractivity contribution >= 4 is 11.0 Å². The number of aryl methyl sites for hydroxylation is 1. The van der Waals surface area contributed by atoms with Crippen LogP contribution in [0.25, 0.3) is 11.0 Å². The first-order valence-corrected chi connectivity index (χ1v) is 9.63. The van der Waals surface area contributed by atoms with Gasteiger partial charge in [0.15, 0.2) is 11.4 Å². The maximum absolute atomic E-state index is 12.1. The zero-order chi connectivity index (χ0) is 20.3. The molecule has 2 N–H and O–H groups in total. The maximum Gasteiger partial charge on any atom is 0.240 e. The molecule has 2 aromatic carbocycles. The minimum atomic E-state index is -1.45. The van der Waals surface area contributed by atoms with Crippen LogP contribution >= 0.6 is 0 Å². The molecule has 6 heteroatoms. The molecular weight excluding hydrogens is 366 g/mol. The topological polar surface area (TPSA) is 80.4 Å². The molecule has 2 heterocycles. The smallest absolute Gasteiger partial charge is 0.240 e. The zero-order valence-corrected chi connectivity index (χ0v) is 16.2. The summed E-state index contributed by atoms with van der Waals surface area (Å²) >= 11 is 0. The summed E-state index contributed by atoms with van der Waals surface area (Å²) in [5.74, 6) is 0.884. The Morgan fingerprint density at radius 2 is 1.59 bits per heavy atom. The molecule has 148 valence electrons. The van der Waals surface area contributed by atoms with Gasteiger partial charge < -0.3 is 19.5 Å². The van der Waals surface area contributed by atoms with Crippen molar-refractivity contribution in [2.45, 2.75) is 19.1 Å². The predicted molar refractivity (Wildman–Crippen MR) is 111 cm³/mol. The van der Waals surface area contributed by atoms with Crippen molar-refractivity contribution in [3.63, 3.8) is 0 Å². The van der Waals surface area contributed by atoms with E-state index in [4.69, 9.17) is 14.8 Å². The van der Waals surface area contributed by atoms with Gasteiger partial charge in [0.25, 0.3) is 0 Å². The molecular formula is C23H23N3O3. The molecule has 0 fully saturated rings. The number of rotatable bonds is 7. The lowest BCUT2D eigenvalue weighted by atomic mass is 9.85. The van der Waals surface area contributed by atoms with Gasteiger partial charge in [-0.2, -0.15) is 0 Å². The summed E-state index contributed by atoms with van der Waals surface area (Å²) in [4.78, 5) is 9.13. The number of pyridine rings is 1. The first-order chi connectivity index (χ1) is 14.2. The van der Waals surface area contributed by atoms with E-state index in [0.29, 0.717) is 29.3 Å². The average molecular weight is 389 g/mol. The first-order valence-electron chi connectivity index (χ1n) is 9.63. The normalized spacial score (nSPS) is 11.7. The fourth-order valence-corrected chi connectivity index (χ4v) is 3.67. The van der Waals surface area contributed by atoms with Crippen molar-refractivity contribution in [1.29, 1.82) is 0 Å². The molecule has 0 aliphatic carbocycles. The number of aliphatic hydroxyl groups excluding tert-OH is 1. The number of imidazole rings is 1. The average Bonchev–Trinajstić information content (AvgIpc) is 3.18. The highest BCUT2D eigenvalue weighted by Gasteiger charge is 2.39. The van der Waals surface area contributed by atoms with E-state index in [0.717, 1.165) is 11.1 Å². The Kier molecular flexibility index (Phi) is 5.29. The van der Waals surface area contributed by atoms with Crippen LogP contribution in [0.15, 0.2) is 72.9 Å². The van der Waals surface area contributed by atoms with Crippen LogP contribution in [-0.2, 0) is 12.1 Å². The number of hydrogen-bond donors (Lipinski definition) is 2. The number of aliphatic hydroxyl groups is 2. The van der Waals surface area contributed by atoms with E-state index in [1.165, 1.54) is 0 Å². The number of fused-ring (bicyclic) bond motifs is 1. The lowest BCUT2D eigenvalue weighted by Gasteiger charge is -2.29. The molecule has 0 amide bonds. The minimum Gasteiger partial charge on any atom is -0.474 e.